The molecular formula is C22H16N4O10S3. The van der Waals surface area contributed by atoms with Crippen molar-refractivity contribution >= 4 is 63.9 Å². The largest absolute Gasteiger partial charge is 0.506 e. The fourth-order valence-corrected chi connectivity index (χ4v) is 4.94. The Balaban J connectivity index is 1.70. The Morgan fingerprint density at radius 2 is 1.13 bits per heavy atom. The molecule has 0 unspecified atom stereocenters. The average Bonchev–Trinajstić information content (AvgIpc) is 2.85. The molecule has 4 aromatic rings. The van der Waals surface area contributed by atoms with E-state index in [0.29, 0.717) is 0 Å². The summed E-state index contributed by atoms with van der Waals surface area (Å²) in [6, 6.07) is 14.1. The monoisotopic (exact) mass is 592 g/mol. The number of benzene rings is 4. The van der Waals surface area contributed by atoms with Crippen LogP contribution in [-0.4, -0.2) is 44.0 Å². The molecule has 0 fully saturated rings. The molecule has 14 nitrogen and oxygen atoms in total. The highest BCUT2D eigenvalue weighted by Crippen LogP contribution is 2.38. The van der Waals surface area contributed by atoms with Gasteiger partial charge in [0.2, 0.25) is 0 Å². The van der Waals surface area contributed by atoms with Gasteiger partial charge in [-0.05, 0) is 66.0 Å². The number of aromatic hydroxyl groups is 1. The molecular weight excluding hydrogens is 576 g/mol. The number of hydrogen-bond acceptors (Lipinski definition) is 11. The molecule has 0 heterocycles. The number of fused-ring (bicyclic) bond motifs is 1. The molecule has 4 rings (SSSR count). The molecule has 0 amide bonds. The van der Waals surface area contributed by atoms with Gasteiger partial charge in [-0.25, -0.2) is 0 Å². The van der Waals surface area contributed by atoms with Crippen molar-refractivity contribution in [2.24, 2.45) is 20.5 Å². The second-order valence-corrected chi connectivity index (χ2v) is 12.0. The summed E-state index contributed by atoms with van der Waals surface area (Å²) in [6.07, 6.45) is 0. The average molecular weight is 593 g/mol. The molecule has 4 aromatic carbocycles. The highest BCUT2D eigenvalue weighted by Gasteiger charge is 2.18. The van der Waals surface area contributed by atoms with Crippen molar-refractivity contribution in [1.29, 1.82) is 0 Å². The van der Waals surface area contributed by atoms with Crippen LogP contribution in [0.2, 0.25) is 0 Å². The fourth-order valence-electron chi connectivity index (χ4n) is 3.30. The van der Waals surface area contributed by atoms with E-state index in [4.69, 9.17) is 4.55 Å². The first-order valence-electron chi connectivity index (χ1n) is 10.4. The van der Waals surface area contributed by atoms with Crippen molar-refractivity contribution in [3.63, 3.8) is 0 Å². The van der Waals surface area contributed by atoms with Crippen LogP contribution in [0.25, 0.3) is 10.8 Å². The Kier molecular flexibility index (Phi) is 7.30. The quantitative estimate of drug-likeness (QED) is 0.163. The van der Waals surface area contributed by atoms with Crippen LogP contribution in [0.1, 0.15) is 0 Å². The van der Waals surface area contributed by atoms with Crippen molar-refractivity contribution in [3.05, 3.63) is 72.8 Å². The topological polar surface area (TPSA) is 233 Å². The van der Waals surface area contributed by atoms with E-state index in [1.807, 2.05) is 0 Å². The molecule has 17 heteroatoms. The van der Waals surface area contributed by atoms with E-state index in [2.05, 4.69) is 20.5 Å². The maximum absolute atomic E-state index is 12.0. The number of azo groups is 2. The number of nitrogens with zero attached hydrogens (tertiary/aromatic N) is 4. The van der Waals surface area contributed by atoms with Gasteiger partial charge in [0.05, 0.1) is 21.2 Å². The third-order valence-corrected chi connectivity index (χ3v) is 7.73. The summed E-state index contributed by atoms with van der Waals surface area (Å²) in [6.45, 7) is 0. The number of rotatable bonds is 7. The van der Waals surface area contributed by atoms with E-state index in [-0.39, 0.29) is 44.2 Å². The van der Waals surface area contributed by atoms with Gasteiger partial charge in [0.15, 0.2) is 0 Å². The molecule has 0 saturated heterocycles. The molecule has 0 saturated carbocycles. The lowest BCUT2D eigenvalue weighted by molar-refractivity contribution is 0.477. The molecule has 39 heavy (non-hydrogen) atoms. The van der Waals surface area contributed by atoms with E-state index in [1.54, 1.807) is 0 Å². The fraction of sp³-hybridized carbons (Fsp3) is 0. The van der Waals surface area contributed by atoms with E-state index in [0.717, 1.165) is 36.4 Å². The third-order valence-electron chi connectivity index (χ3n) is 5.13. The van der Waals surface area contributed by atoms with Gasteiger partial charge < -0.3 is 5.11 Å². The molecule has 0 aliphatic heterocycles. The van der Waals surface area contributed by atoms with Crippen molar-refractivity contribution < 1.29 is 44.0 Å². The second-order valence-electron chi connectivity index (χ2n) is 7.79. The van der Waals surface area contributed by atoms with E-state index in [1.165, 1.54) is 36.4 Å². The Labute approximate surface area is 221 Å². The number of phenols is 1. The summed E-state index contributed by atoms with van der Waals surface area (Å²) >= 11 is 0. The first-order chi connectivity index (χ1) is 18.1. The molecule has 0 spiro atoms. The number of hydrogen-bond donors (Lipinski definition) is 4. The minimum Gasteiger partial charge on any atom is -0.506 e. The molecule has 4 N–H and O–H groups in total. The van der Waals surface area contributed by atoms with Gasteiger partial charge >= 0.3 is 0 Å². The van der Waals surface area contributed by atoms with Crippen LogP contribution < -0.4 is 0 Å². The molecule has 0 radical (unpaired) electrons. The minimum atomic E-state index is -4.85. The Morgan fingerprint density at radius 3 is 1.74 bits per heavy atom. The van der Waals surface area contributed by atoms with E-state index < -0.39 is 40.1 Å². The van der Waals surface area contributed by atoms with Crippen molar-refractivity contribution in [1.82, 2.24) is 0 Å². The second kappa shape index (κ2) is 10.2. The number of phenolic OH excluding ortho intramolecular Hbond substituents is 1. The Hall–Kier alpha value is -4.13. The van der Waals surface area contributed by atoms with Gasteiger partial charge in [-0.15, -0.1) is 10.2 Å². The lowest BCUT2D eigenvalue weighted by Gasteiger charge is -2.06. The Morgan fingerprint density at radius 1 is 0.538 bits per heavy atom. The van der Waals surface area contributed by atoms with E-state index >= 15 is 0 Å². The molecule has 202 valence electrons. The van der Waals surface area contributed by atoms with Gasteiger partial charge in [-0.1, -0.05) is 12.1 Å². The van der Waals surface area contributed by atoms with Gasteiger partial charge in [-0.3, -0.25) is 13.7 Å². The summed E-state index contributed by atoms with van der Waals surface area (Å²) < 4.78 is 97.1. The van der Waals surface area contributed by atoms with Crippen LogP contribution in [0.4, 0.5) is 22.7 Å². The zero-order chi connectivity index (χ0) is 28.6. The third kappa shape index (κ3) is 6.48. The summed E-state index contributed by atoms with van der Waals surface area (Å²) in [5, 5.41) is 26.2. The van der Waals surface area contributed by atoms with Crippen LogP contribution in [0, 0.1) is 0 Å². The summed E-state index contributed by atoms with van der Waals surface area (Å²) in [7, 11) is -13.7. The van der Waals surface area contributed by atoms with Crippen molar-refractivity contribution in [2.45, 2.75) is 14.7 Å². The Bertz CT molecular complexity index is 1990. The highest BCUT2D eigenvalue weighted by atomic mass is 32.2. The minimum absolute atomic E-state index is 0.0359. The van der Waals surface area contributed by atoms with Gasteiger partial charge in [0, 0.05) is 5.39 Å². The first-order valence-corrected chi connectivity index (χ1v) is 14.7. The van der Waals surface area contributed by atoms with Crippen molar-refractivity contribution in [3.8, 4) is 5.75 Å². The van der Waals surface area contributed by atoms with Gasteiger partial charge in [0.1, 0.15) is 22.0 Å². The van der Waals surface area contributed by atoms with E-state index in [9.17, 15) is 39.5 Å². The predicted molar refractivity (Wildman–Crippen MR) is 136 cm³/mol. The van der Waals surface area contributed by atoms with Crippen LogP contribution in [0.15, 0.2) is 108 Å². The summed E-state index contributed by atoms with van der Waals surface area (Å²) in [5.41, 5.74) is -0.345. The lowest BCUT2D eigenvalue weighted by atomic mass is 10.1. The van der Waals surface area contributed by atoms with Crippen LogP contribution >= 0.6 is 0 Å². The SMILES string of the molecule is O=S(=O)(O)c1ccc(N=Nc2ccc(N=Nc3c(O)ccc4cc(S(=O)(=O)O)ccc34)c(S(=O)(=O)O)c2)cc1. The zero-order valence-electron chi connectivity index (χ0n) is 19.2. The maximum Gasteiger partial charge on any atom is 0.296 e. The smallest absolute Gasteiger partial charge is 0.296 e. The lowest BCUT2D eigenvalue weighted by Crippen LogP contribution is -1.98. The first kappa shape index (κ1) is 27.9. The standard InChI is InChI=1S/C22H16N4O10S3/c27-20-10-1-13-11-17(38(31,32)33)7-8-18(13)22(20)26-25-19-9-4-15(12-21(19)39(34,35)36)24-23-14-2-5-16(6-3-14)37(28,29)30/h1-12,27H,(H,28,29,30)(H,31,32,33)(H,34,35,36). The maximum atomic E-state index is 12.0. The molecule has 0 bridgehead atoms. The summed E-state index contributed by atoms with van der Waals surface area (Å²) in [4.78, 5) is -1.45. The highest BCUT2D eigenvalue weighted by molar-refractivity contribution is 7.86. The molecule has 0 aromatic heterocycles. The van der Waals surface area contributed by atoms with Gasteiger partial charge in [-0.2, -0.15) is 35.5 Å². The van der Waals surface area contributed by atoms with Gasteiger partial charge in [0.25, 0.3) is 30.4 Å². The van der Waals surface area contributed by atoms with Crippen LogP contribution in [0.3, 0.4) is 0 Å². The molecule has 0 atom stereocenters. The van der Waals surface area contributed by atoms with Crippen LogP contribution in [0.5, 0.6) is 5.75 Å². The molecule has 0 aliphatic rings. The normalized spacial score (nSPS) is 13.0. The predicted octanol–water partition coefficient (Wildman–Crippen LogP) is 5.12. The summed E-state index contributed by atoms with van der Waals surface area (Å²) in [5.74, 6) is -0.371. The zero-order valence-corrected chi connectivity index (χ0v) is 21.6. The molecule has 0 aliphatic carbocycles. The van der Waals surface area contributed by atoms with Crippen LogP contribution in [-0.2, 0) is 30.4 Å². The van der Waals surface area contributed by atoms with Crippen molar-refractivity contribution in [2.75, 3.05) is 0 Å².